The number of nitrogens with zero attached hydrogens (tertiary/aromatic N) is 2. The standard InChI is InChI=1S/C13H20N4O3S/c1-14-13(18)12-10-15-7-8-17(12)21(19,20)9-5-11-4-2-3-6-16-11/h2-4,6,12,15H,5,7-10H2,1H3,(H,14,18). The summed E-state index contributed by atoms with van der Waals surface area (Å²) in [7, 11) is -1.98. The van der Waals surface area contributed by atoms with E-state index in [1.807, 2.05) is 6.07 Å². The van der Waals surface area contributed by atoms with Crippen molar-refractivity contribution in [2.45, 2.75) is 12.5 Å². The van der Waals surface area contributed by atoms with Crippen molar-refractivity contribution in [1.29, 1.82) is 0 Å². The Hall–Kier alpha value is -1.51. The summed E-state index contributed by atoms with van der Waals surface area (Å²) in [6, 6.07) is 4.73. The molecule has 0 spiro atoms. The first-order chi connectivity index (χ1) is 10.0. The van der Waals surface area contributed by atoms with E-state index in [2.05, 4.69) is 15.6 Å². The highest BCUT2D eigenvalue weighted by Crippen LogP contribution is 2.12. The lowest BCUT2D eigenvalue weighted by molar-refractivity contribution is -0.124. The van der Waals surface area contributed by atoms with Crippen LogP contribution in [0.1, 0.15) is 5.69 Å². The Morgan fingerprint density at radius 3 is 3.00 bits per heavy atom. The van der Waals surface area contributed by atoms with Crippen LogP contribution in [0.15, 0.2) is 24.4 Å². The number of aromatic nitrogens is 1. The summed E-state index contributed by atoms with van der Waals surface area (Å²) in [5.74, 6) is -0.332. The van der Waals surface area contributed by atoms with Crippen molar-refractivity contribution in [1.82, 2.24) is 19.9 Å². The number of likely N-dealkylation sites (N-methyl/N-ethyl adjacent to an activating group) is 1. The number of aryl methyl sites for hydroxylation is 1. The second-order valence-electron chi connectivity index (χ2n) is 4.83. The molecule has 1 fully saturated rings. The monoisotopic (exact) mass is 312 g/mol. The van der Waals surface area contributed by atoms with E-state index in [-0.39, 0.29) is 11.7 Å². The van der Waals surface area contributed by atoms with E-state index in [0.717, 1.165) is 5.69 Å². The Bertz CT molecular complexity index is 576. The van der Waals surface area contributed by atoms with Crippen LogP contribution in [-0.4, -0.2) is 62.1 Å². The minimum Gasteiger partial charge on any atom is -0.358 e. The van der Waals surface area contributed by atoms with E-state index in [1.54, 1.807) is 18.3 Å². The number of hydrogen-bond acceptors (Lipinski definition) is 5. The number of piperazine rings is 1. The van der Waals surface area contributed by atoms with Gasteiger partial charge in [0.2, 0.25) is 15.9 Å². The van der Waals surface area contributed by atoms with Gasteiger partial charge in [0.15, 0.2) is 0 Å². The third kappa shape index (κ3) is 3.99. The van der Waals surface area contributed by atoms with Crippen molar-refractivity contribution < 1.29 is 13.2 Å². The predicted octanol–water partition coefficient (Wildman–Crippen LogP) is -1.03. The van der Waals surface area contributed by atoms with E-state index in [4.69, 9.17) is 0 Å². The van der Waals surface area contributed by atoms with E-state index in [0.29, 0.717) is 26.1 Å². The van der Waals surface area contributed by atoms with Gasteiger partial charge in [-0.3, -0.25) is 9.78 Å². The topological polar surface area (TPSA) is 91.4 Å². The third-order valence-electron chi connectivity index (χ3n) is 3.44. The van der Waals surface area contributed by atoms with Crippen molar-refractivity contribution in [3.8, 4) is 0 Å². The minimum absolute atomic E-state index is 0.0441. The number of sulfonamides is 1. The fourth-order valence-corrected chi connectivity index (χ4v) is 3.93. The van der Waals surface area contributed by atoms with Gasteiger partial charge in [0.25, 0.3) is 0 Å². The maximum atomic E-state index is 12.5. The van der Waals surface area contributed by atoms with Crippen LogP contribution in [0.3, 0.4) is 0 Å². The molecule has 1 amide bonds. The van der Waals surface area contributed by atoms with E-state index in [1.165, 1.54) is 11.4 Å². The highest BCUT2D eigenvalue weighted by molar-refractivity contribution is 7.89. The summed E-state index contributed by atoms with van der Waals surface area (Å²) >= 11 is 0. The second-order valence-corrected chi connectivity index (χ2v) is 6.87. The molecule has 1 aromatic heterocycles. The van der Waals surface area contributed by atoms with Crippen molar-refractivity contribution >= 4 is 15.9 Å². The van der Waals surface area contributed by atoms with Crippen molar-refractivity contribution in [3.63, 3.8) is 0 Å². The van der Waals surface area contributed by atoms with Gasteiger partial charge in [0.05, 0.1) is 5.75 Å². The lowest BCUT2D eigenvalue weighted by Gasteiger charge is -2.33. The van der Waals surface area contributed by atoms with E-state index >= 15 is 0 Å². The lowest BCUT2D eigenvalue weighted by atomic mass is 10.2. The first kappa shape index (κ1) is 15.9. The maximum Gasteiger partial charge on any atom is 0.239 e. The van der Waals surface area contributed by atoms with Gasteiger partial charge in [-0.2, -0.15) is 4.31 Å². The molecule has 2 rings (SSSR count). The van der Waals surface area contributed by atoms with Gasteiger partial charge < -0.3 is 10.6 Å². The molecule has 0 aliphatic carbocycles. The molecule has 7 nitrogen and oxygen atoms in total. The van der Waals surface area contributed by atoms with Crippen LogP contribution in [0.4, 0.5) is 0 Å². The molecule has 0 aromatic carbocycles. The molecule has 1 aromatic rings. The Morgan fingerprint density at radius 1 is 1.52 bits per heavy atom. The summed E-state index contributed by atoms with van der Waals surface area (Å²) in [5, 5.41) is 5.56. The van der Waals surface area contributed by atoms with Gasteiger partial charge in [-0.15, -0.1) is 0 Å². The second kappa shape index (κ2) is 6.97. The predicted molar refractivity (Wildman–Crippen MR) is 79.2 cm³/mol. The number of carbonyl (C=O) groups excluding carboxylic acids is 1. The first-order valence-electron chi connectivity index (χ1n) is 6.86. The Labute approximate surface area is 124 Å². The van der Waals surface area contributed by atoms with Crippen LogP contribution in [0.25, 0.3) is 0 Å². The summed E-state index contributed by atoms with van der Waals surface area (Å²) in [6.07, 6.45) is 1.98. The molecule has 1 aliphatic rings. The fraction of sp³-hybridized carbons (Fsp3) is 0.538. The van der Waals surface area contributed by atoms with Crippen molar-refractivity contribution in [2.75, 3.05) is 32.4 Å². The zero-order valence-electron chi connectivity index (χ0n) is 11.9. The molecule has 1 saturated heterocycles. The molecule has 8 heteroatoms. The highest BCUT2D eigenvalue weighted by Gasteiger charge is 2.35. The summed E-state index contributed by atoms with van der Waals surface area (Å²) in [4.78, 5) is 16.0. The van der Waals surface area contributed by atoms with Gasteiger partial charge >= 0.3 is 0 Å². The molecule has 116 valence electrons. The van der Waals surface area contributed by atoms with Gasteiger partial charge in [0.1, 0.15) is 6.04 Å². The minimum atomic E-state index is -3.49. The molecular formula is C13H20N4O3S. The molecular weight excluding hydrogens is 292 g/mol. The SMILES string of the molecule is CNC(=O)C1CNCCN1S(=O)(=O)CCc1ccccn1. The Kier molecular flexibility index (Phi) is 5.27. The number of amides is 1. The van der Waals surface area contributed by atoms with Gasteiger partial charge in [-0.05, 0) is 12.1 Å². The third-order valence-corrected chi connectivity index (χ3v) is 5.31. The molecule has 1 aliphatic heterocycles. The molecule has 2 heterocycles. The zero-order chi connectivity index (χ0) is 15.3. The summed E-state index contributed by atoms with van der Waals surface area (Å²) < 4.78 is 26.3. The molecule has 2 N–H and O–H groups in total. The summed E-state index contributed by atoms with van der Waals surface area (Å²) in [6.45, 7) is 1.20. The number of nitrogens with one attached hydrogen (secondary N) is 2. The largest absolute Gasteiger partial charge is 0.358 e. The van der Waals surface area contributed by atoms with Gasteiger partial charge in [0, 0.05) is 45.0 Å². The van der Waals surface area contributed by atoms with Crippen LogP contribution in [-0.2, 0) is 21.2 Å². The smallest absolute Gasteiger partial charge is 0.239 e. The number of rotatable bonds is 5. The van der Waals surface area contributed by atoms with Crippen LogP contribution in [0, 0.1) is 0 Å². The Balaban J connectivity index is 2.07. The Morgan fingerprint density at radius 2 is 2.33 bits per heavy atom. The quantitative estimate of drug-likeness (QED) is 0.726. The van der Waals surface area contributed by atoms with Gasteiger partial charge in [-0.25, -0.2) is 8.42 Å². The van der Waals surface area contributed by atoms with Gasteiger partial charge in [-0.1, -0.05) is 6.07 Å². The molecule has 0 radical (unpaired) electrons. The fourth-order valence-electron chi connectivity index (χ4n) is 2.31. The van der Waals surface area contributed by atoms with E-state index < -0.39 is 16.1 Å². The molecule has 0 saturated carbocycles. The van der Waals surface area contributed by atoms with Crippen LogP contribution < -0.4 is 10.6 Å². The van der Waals surface area contributed by atoms with Crippen LogP contribution in [0.2, 0.25) is 0 Å². The van der Waals surface area contributed by atoms with Crippen LogP contribution in [0.5, 0.6) is 0 Å². The molecule has 21 heavy (non-hydrogen) atoms. The number of pyridine rings is 1. The molecule has 1 atom stereocenters. The van der Waals surface area contributed by atoms with Crippen LogP contribution >= 0.6 is 0 Å². The normalized spacial score (nSPS) is 20.1. The average molecular weight is 312 g/mol. The molecule has 1 unspecified atom stereocenters. The first-order valence-corrected chi connectivity index (χ1v) is 8.47. The maximum absolute atomic E-state index is 12.5. The number of carbonyl (C=O) groups is 1. The van der Waals surface area contributed by atoms with E-state index in [9.17, 15) is 13.2 Å². The molecule has 0 bridgehead atoms. The zero-order valence-corrected chi connectivity index (χ0v) is 12.8. The van der Waals surface area contributed by atoms with Crippen molar-refractivity contribution in [3.05, 3.63) is 30.1 Å². The summed E-state index contributed by atoms with van der Waals surface area (Å²) in [5.41, 5.74) is 0.729. The van der Waals surface area contributed by atoms with Crippen molar-refractivity contribution in [2.24, 2.45) is 0 Å². The highest BCUT2D eigenvalue weighted by atomic mass is 32.2. The average Bonchev–Trinajstić information content (AvgIpc) is 2.53. The number of hydrogen-bond donors (Lipinski definition) is 2. The lowest BCUT2D eigenvalue weighted by Crippen LogP contribution is -2.59.